The summed E-state index contributed by atoms with van der Waals surface area (Å²) in [7, 11) is 1.63. The van der Waals surface area contributed by atoms with Crippen LogP contribution < -0.4 is 4.74 Å². The average Bonchev–Trinajstić information content (AvgIpc) is 2.27. The van der Waals surface area contributed by atoms with Crippen molar-refractivity contribution in [3.8, 4) is 5.75 Å². The minimum absolute atomic E-state index is 0.322. The van der Waals surface area contributed by atoms with E-state index in [0.717, 1.165) is 12.2 Å². The molecule has 0 aliphatic rings. The molecular weight excluding hydrogens is 312 g/mol. The Morgan fingerprint density at radius 1 is 1.33 bits per heavy atom. The lowest BCUT2D eigenvalue weighted by Gasteiger charge is -2.29. The molecule has 3 heteroatoms. The number of alkyl halides is 1. The first-order valence-electron chi connectivity index (χ1n) is 6.23. The quantitative estimate of drug-likeness (QED) is 0.627. The molecule has 18 heavy (non-hydrogen) atoms. The van der Waals surface area contributed by atoms with Gasteiger partial charge in [-0.2, -0.15) is 0 Å². The number of methoxy groups -OCH3 is 1. The molecule has 0 saturated heterocycles. The Morgan fingerprint density at radius 3 is 2.39 bits per heavy atom. The van der Waals surface area contributed by atoms with Gasteiger partial charge >= 0.3 is 0 Å². The molecule has 1 nitrogen and oxygen atoms in total. The van der Waals surface area contributed by atoms with Gasteiger partial charge in [-0.3, -0.25) is 0 Å². The van der Waals surface area contributed by atoms with Gasteiger partial charge in [0, 0.05) is 4.83 Å². The Labute approximate surface area is 124 Å². The first-order valence-corrected chi connectivity index (χ1v) is 7.52. The summed E-state index contributed by atoms with van der Waals surface area (Å²) in [5, 5.41) is 0.669. The van der Waals surface area contributed by atoms with Crippen LogP contribution in [0.15, 0.2) is 18.2 Å². The second-order valence-electron chi connectivity index (χ2n) is 5.86. The van der Waals surface area contributed by atoms with Crippen LogP contribution in [0.1, 0.15) is 44.5 Å². The smallest absolute Gasteiger partial charge is 0.137 e. The Balaban J connectivity index is 2.79. The molecule has 0 spiro atoms. The maximum Gasteiger partial charge on any atom is 0.137 e. The van der Waals surface area contributed by atoms with Crippen LogP contribution in [0.25, 0.3) is 0 Å². The van der Waals surface area contributed by atoms with E-state index in [-0.39, 0.29) is 0 Å². The summed E-state index contributed by atoms with van der Waals surface area (Å²) >= 11 is 9.91. The summed E-state index contributed by atoms with van der Waals surface area (Å²) < 4.78 is 5.17. The highest BCUT2D eigenvalue weighted by molar-refractivity contribution is 9.09. The number of rotatable bonds is 4. The first-order chi connectivity index (χ1) is 8.25. The van der Waals surface area contributed by atoms with Gasteiger partial charge in [0.1, 0.15) is 5.75 Å². The van der Waals surface area contributed by atoms with Gasteiger partial charge in [-0.05, 0) is 35.4 Å². The van der Waals surface area contributed by atoms with Gasteiger partial charge in [-0.1, -0.05) is 61.3 Å². The molecule has 0 aliphatic carbocycles. The topological polar surface area (TPSA) is 9.23 Å². The Kier molecular flexibility index (Phi) is 5.54. The van der Waals surface area contributed by atoms with Crippen LogP contribution in [0.4, 0.5) is 0 Å². The molecule has 2 atom stereocenters. The SMILES string of the molecule is COc1ccc(C(Br)CC(C)C(C)(C)C)cc1Cl. The van der Waals surface area contributed by atoms with E-state index >= 15 is 0 Å². The van der Waals surface area contributed by atoms with E-state index in [1.165, 1.54) is 5.56 Å². The number of halogens is 2. The monoisotopic (exact) mass is 332 g/mol. The fourth-order valence-electron chi connectivity index (χ4n) is 1.68. The van der Waals surface area contributed by atoms with Crippen molar-refractivity contribution in [2.45, 2.75) is 38.9 Å². The van der Waals surface area contributed by atoms with Crippen LogP contribution in [0.5, 0.6) is 5.75 Å². The van der Waals surface area contributed by atoms with Crippen LogP contribution in [0.3, 0.4) is 0 Å². The summed E-state index contributed by atoms with van der Waals surface area (Å²) in [6, 6.07) is 5.97. The summed E-state index contributed by atoms with van der Waals surface area (Å²) in [5.74, 6) is 1.35. The van der Waals surface area contributed by atoms with Crippen LogP contribution in [-0.2, 0) is 0 Å². The van der Waals surface area contributed by atoms with Crippen LogP contribution in [-0.4, -0.2) is 7.11 Å². The molecule has 1 rings (SSSR count). The van der Waals surface area contributed by atoms with Crippen molar-refractivity contribution in [2.75, 3.05) is 7.11 Å². The molecule has 102 valence electrons. The van der Waals surface area contributed by atoms with Crippen LogP contribution in [0, 0.1) is 11.3 Å². The van der Waals surface area contributed by atoms with Gasteiger partial charge in [-0.15, -0.1) is 0 Å². The lowest BCUT2D eigenvalue weighted by Crippen LogP contribution is -2.18. The highest BCUT2D eigenvalue weighted by Crippen LogP contribution is 2.39. The molecule has 0 heterocycles. The molecular formula is C15H22BrClO. The van der Waals surface area contributed by atoms with E-state index in [2.05, 4.69) is 49.7 Å². The summed E-state index contributed by atoms with van der Waals surface area (Å²) in [5.41, 5.74) is 1.53. The van der Waals surface area contributed by atoms with Crippen molar-refractivity contribution in [1.82, 2.24) is 0 Å². The molecule has 2 unspecified atom stereocenters. The average molecular weight is 334 g/mol. The first kappa shape index (κ1) is 15.8. The van der Waals surface area contributed by atoms with Crippen LogP contribution >= 0.6 is 27.5 Å². The van der Waals surface area contributed by atoms with Gasteiger partial charge in [0.25, 0.3) is 0 Å². The number of benzene rings is 1. The molecule has 0 saturated carbocycles. The summed E-state index contributed by atoms with van der Waals surface area (Å²) in [6.07, 6.45) is 1.09. The molecule has 0 fully saturated rings. The van der Waals surface area contributed by atoms with Crippen molar-refractivity contribution in [3.63, 3.8) is 0 Å². The van der Waals surface area contributed by atoms with Gasteiger partial charge in [-0.25, -0.2) is 0 Å². The normalized spacial score (nSPS) is 15.3. The Morgan fingerprint density at radius 2 is 1.94 bits per heavy atom. The molecule has 0 amide bonds. The van der Waals surface area contributed by atoms with Gasteiger partial charge in [0.15, 0.2) is 0 Å². The maximum absolute atomic E-state index is 6.15. The highest BCUT2D eigenvalue weighted by atomic mass is 79.9. The zero-order valence-corrected chi connectivity index (χ0v) is 14.1. The van der Waals surface area contributed by atoms with Crippen molar-refractivity contribution in [2.24, 2.45) is 11.3 Å². The molecule has 0 bridgehead atoms. The predicted molar refractivity (Wildman–Crippen MR) is 82.9 cm³/mol. The van der Waals surface area contributed by atoms with E-state index in [1.807, 2.05) is 12.1 Å². The van der Waals surface area contributed by atoms with Crippen molar-refractivity contribution in [3.05, 3.63) is 28.8 Å². The molecule has 0 radical (unpaired) electrons. The predicted octanol–water partition coefficient (Wildman–Crippen LogP) is 5.86. The van der Waals surface area contributed by atoms with E-state index < -0.39 is 0 Å². The summed E-state index contributed by atoms with van der Waals surface area (Å²) in [6.45, 7) is 9.12. The zero-order valence-electron chi connectivity index (χ0n) is 11.8. The molecule has 0 N–H and O–H groups in total. The van der Waals surface area contributed by atoms with E-state index in [0.29, 0.717) is 21.2 Å². The largest absolute Gasteiger partial charge is 0.495 e. The molecule has 0 aliphatic heterocycles. The molecule has 1 aromatic rings. The highest BCUT2D eigenvalue weighted by Gasteiger charge is 2.23. The van der Waals surface area contributed by atoms with E-state index in [4.69, 9.17) is 16.3 Å². The van der Waals surface area contributed by atoms with E-state index in [9.17, 15) is 0 Å². The van der Waals surface area contributed by atoms with Gasteiger partial charge < -0.3 is 4.74 Å². The fraction of sp³-hybridized carbons (Fsp3) is 0.600. The van der Waals surface area contributed by atoms with Gasteiger partial charge in [0.05, 0.1) is 12.1 Å². The number of hydrogen-bond acceptors (Lipinski definition) is 1. The van der Waals surface area contributed by atoms with Crippen molar-refractivity contribution < 1.29 is 4.74 Å². The zero-order chi connectivity index (χ0) is 13.9. The lowest BCUT2D eigenvalue weighted by molar-refractivity contribution is 0.246. The second-order valence-corrected chi connectivity index (χ2v) is 7.38. The summed E-state index contributed by atoms with van der Waals surface area (Å²) in [4.78, 5) is 0.329. The van der Waals surface area contributed by atoms with Crippen LogP contribution in [0.2, 0.25) is 5.02 Å². The standard InChI is InChI=1S/C15H22BrClO/c1-10(15(2,3)4)8-12(16)11-6-7-14(18-5)13(17)9-11/h6-7,9-10,12H,8H2,1-5H3. The number of hydrogen-bond donors (Lipinski definition) is 0. The van der Waals surface area contributed by atoms with Crippen molar-refractivity contribution >= 4 is 27.5 Å². The van der Waals surface area contributed by atoms with E-state index in [1.54, 1.807) is 7.11 Å². The Hall–Kier alpha value is -0.210. The van der Waals surface area contributed by atoms with Crippen molar-refractivity contribution in [1.29, 1.82) is 0 Å². The Bertz CT molecular complexity index is 398. The third kappa shape index (κ3) is 4.17. The third-order valence-corrected chi connectivity index (χ3v) is 4.77. The number of ether oxygens (including phenoxy) is 1. The minimum Gasteiger partial charge on any atom is -0.495 e. The molecule has 1 aromatic carbocycles. The minimum atomic E-state index is 0.322. The lowest BCUT2D eigenvalue weighted by atomic mass is 9.79. The van der Waals surface area contributed by atoms with Gasteiger partial charge in [0.2, 0.25) is 0 Å². The fourth-order valence-corrected chi connectivity index (χ4v) is 2.79. The molecule has 0 aromatic heterocycles. The third-order valence-electron chi connectivity index (χ3n) is 3.58. The maximum atomic E-state index is 6.15. The second kappa shape index (κ2) is 6.29.